The van der Waals surface area contributed by atoms with Gasteiger partial charge in [0.2, 0.25) is 5.91 Å². The van der Waals surface area contributed by atoms with Gasteiger partial charge in [0.05, 0.1) is 33.8 Å². The van der Waals surface area contributed by atoms with Crippen LogP contribution in [0.15, 0.2) is 60.8 Å². The lowest BCUT2D eigenvalue weighted by atomic mass is 10.0. The highest BCUT2D eigenvalue weighted by Gasteiger charge is 2.30. The van der Waals surface area contributed by atoms with Gasteiger partial charge < -0.3 is 19.4 Å². The molecule has 9 nitrogen and oxygen atoms in total. The predicted molar refractivity (Wildman–Crippen MR) is 342 cm³/mol. The molecule has 3 atom stereocenters. The van der Waals surface area contributed by atoms with Crippen molar-refractivity contribution in [2.24, 2.45) is 0 Å². The van der Waals surface area contributed by atoms with Crippen molar-refractivity contribution in [3.8, 4) is 0 Å². The van der Waals surface area contributed by atoms with Crippen LogP contribution in [-0.4, -0.2) is 74.3 Å². The molecule has 0 aliphatic rings. The molecular weight excluding hydrogens is 1000 g/mol. The number of hydrogen-bond acceptors (Lipinski definition) is 6. The lowest BCUT2D eigenvalue weighted by Crippen LogP contribution is -2.47. The number of nitrogens with zero attached hydrogens (tertiary/aromatic N) is 1. The molecule has 0 aliphatic carbocycles. The molecule has 2 N–H and O–H groups in total. The Bertz CT molecular complexity index is 1540. The first kappa shape index (κ1) is 76.7. The number of phosphoric ester groups is 1. The quantitative estimate of drug-likeness (QED) is 0.0205. The van der Waals surface area contributed by atoms with Gasteiger partial charge in [0.25, 0.3) is 0 Å². The molecule has 79 heavy (non-hydrogen) atoms. The van der Waals surface area contributed by atoms with Gasteiger partial charge in [-0.15, -0.1) is 0 Å². The van der Waals surface area contributed by atoms with E-state index in [0.29, 0.717) is 17.4 Å². The van der Waals surface area contributed by atoms with Crippen LogP contribution in [0.5, 0.6) is 0 Å². The van der Waals surface area contributed by atoms with E-state index in [2.05, 4.69) is 74.7 Å². The summed E-state index contributed by atoms with van der Waals surface area (Å²) in [6.07, 6.45) is 75.1. The van der Waals surface area contributed by atoms with Gasteiger partial charge in [-0.1, -0.05) is 268 Å². The summed E-state index contributed by atoms with van der Waals surface area (Å²) >= 11 is 0. The molecule has 462 valence electrons. The van der Waals surface area contributed by atoms with Crippen molar-refractivity contribution in [3.63, 3.8) is 0 Å². The Hall–Kier alpha value is -2.29. The molecule has 0 heterocycles. The fourth-order valence-electron chi connectivity index (χ4n) is 9.71. The highest BCUT2D eigenvalue weighted by atomic mass is 31.2. The van der Waals surface area contributed by atoms with Crippen molar-refractivity contribution in [2.45, 2.75) is 328 Å². The molecule has 0 aromatic carbocycles. The summed E-state index contributed by atoms with van der Waals surface area (Å²) < 4.78 is 30.8. The van der Waals surface area contributed by atoms with Crippen LogP contribution in [0.3, 0.4) is 0 Å². The molecule has 0 aliphatic heterocycles. The summed E-state index contributed by atoms with van der Waals surface area (Å²) in [4.78, 5) is 37.8. The highest BCUT2D eigenvalue weighted by molar-refractivity contribution is 7.47. The largest absolute Gasteiger partial charge is 0.472 e. The maximum Gasteiger partial charge on any atom is 0.472 e. The van der Waals surface area contributed by atoms with Crippen LogP contribution in [0.1, 0.15) is 316 Å². The van der Waals surface area contributed by atoms with Gasteiger partial charge in [-0.25, -0.2) is 4.57 Å². The second-order valence-electron chi connectivity index (χ2n) is 24.0. The van der Waals surface area contributed by atoms with Crippen LogP contribution in [0.4, 0.5) is 0 Å². The summed E-state index contributed by atoms with van der Waals surface area (Å²) in [6.45, 7) is 7.00. The number of carbonyl (C=O) groups excluding carboxylic acids is 2. The second-order valence-corrected chi connectivity index (χ2v) is 25.4. The second kappa shape index (κ2) is 58.9. The van der Waals surface area contributed by atoms with Crippen molar-refractivity contribution in [2.75, 3.05) is 40.9 Å². The minimum atomic E-state index is -4.45. The zero-order chi connectivity index (χ0) is 57.9. The van der Waals surface area contributed by atoms with Gasteiger partial charge in [-0.2, -0.15) is 0 Å². The third kappa shape index (κ3) is 60.1. The van der Waals surface area contributed by atoms with Gasteiger partial charge in [-0.05, 0) is 96.0 Å². The Morgan fingerprint density at radius 3 is 1.19 bits per heavy atom. The van der Waals surface area contributed by atoms with Crippen LogP contribution < -0.4 is 5.32 Å². The van der Waals surface area contributed by atoms with E-state index < -0.39 is 20.0 Å². The molecule has 0 saturated carbocycles. The Morgan fingerprint density at radius 2 is 0.772 bits per heavy atom. The van der Waals surface area contributed by atoms with E-state index in [9.17, 15) is 19.0 Å². The fraction of sp³-hybridized carbons (Fsp3) is 0.826. The molecule has 0 radical (unpaired) electrons. The molecular formula is C69H130N2O7P+. The predicted octanol–water partition coefficient (Wildman–Crippen LogP) is 21.0. The average molecular weight is 1130 g/mol. The van der Waals surface area contributed by atoms with Crippen LogP contribution in [0.25, 0.3) is 0 Å². The third-order valence-electron chi connectivity index (χ3n) is 14.9. The molecule has 0 spiro atoms. The maximum atomic E-state index is 13.6. The van der Waals surface area contributed by atoms with Gasteiger partial charge in [0.1, 0.15) is 19.3 Å². The lowest BCUT2D eigenvalue weighted by Gasteiger charge is -2.27. The number of allylic oxidation sites excluding steroid dienone is 9. The number of quaternary nitrogens is 1. The number of hydrogen-bond donors (Lipinski definition) is 2. The molecule has 0 aromatic rings. The summed E-state index contributed by atoms with van der Waals surface area (Å²) in [5, 5.41) is 3.06. The van der Waals surface area contributed by atoms with Crippen LogP contribution in [0, 0.1) is 0 Å². The van der Waals surface area contributed by atoms with E-state index >= 15 is 0 Å². The Balaban J connectivity index is 5.12. The van der Waals surface area contributed by atoms with Gasteiger partial charge in [0, 0.05) is 12.8 Å². The zero-order valence-corrected chi connectivity index (χ0v) is 53.8. The summed E-state index contributed by atoms with van der Waals surface area (Å²) in [6, 6.07) is -0.853. The molecule has 10 heteroatoms. The Kier molecular flexibility index (Phi) is 57.2. The number of esters is 1. The van der Waals surface area contributed by atoms with E-state index in [-0.39, 0.29) is 31.5 Å². The molecule has 0 saturated heterocycles. The SMILES string of the molecule is CCCCC/C=C\C/C=C\C/C=C\CCCCCCCCCCC(=O)NC(COP(=O)(O)OCC[N+](C)(C)C)C(/C=C/CCCCCCCCCCC)OC(=O)CCCCCCCCCCCCC/C=C/CCCCCCCC. The minimum absolute atomic E-state index is 0.0380. The smallest absolute Gasteiger partial charge is 0.456 e. The lowest BCUT2D eigenvalue weighted by molar-refractivity contribution is -0.870. The van der Waals surface area contributed by atoms with Gasteiger partial charge in [0.15, 0.2) is 0 Å². The average Bonchev–Trinajstić information content (AvgIpc) is 3.41. The third-order valence-corrected chi connectivity index (χ3v) is 15.9. The van der Waals surface area contributed by atoms with Crippen molar-refractivity contribution in [3.05, 3.63) is 60.8 Å². The van der Waals surface area contributed by atoms with Crippen LogP contribution >= 0.6 is 7.82 Å². The molecule has 0 rings (SSSR count). The van der Waals surface area contributed by atoms with Crippen LogP contribution in [-0.2, 0) is 27.9 Å². The van der Waals surface area contributed by atoms with Gasteiger partial charge in [-0.3, -0.25) is 18.6 Å². The van der Waals surface area contributed by atoms with Crippen molar-refractivity contribution < 1.29 is 37.3 Å². The minimum Gasteiger partial charge on any atom is -0.456 e. The van der Waals surface area contributed by atoms with Crippen molar-refractivity contribution in [1.29, 1.82) is 0 Å². The van der Waals surface area contributed by atoms with Crippen molar-refractivity contribution >= 4 is 19.7 Å². The number of nitrogens with one attached hydrogen (secondary N) is 1. The van der Waals surface area contributed by atoms with Crippen LogP contribution in [0.2, 0.25) is 0 Å². The number of carbonyl (C=O) groups is 2. The first-order chi connectivity index (χ1) is 38.4. The monoisotopic (exact) mass is 1130 g/mol. The number of amides is 1. The first-order valence-corrected chi connectivity index (χ1v) is 35.1. The van der Waals surface area contributed by atoms with E-state index in [4.69, 9.17) is 13.8 Å². The van der Waals surface area contributed by atoms with E-state index in [1.165, 1.54) is 199 Å². The Morgan fingerprint density at radius 1 is 0.443 bits per heavy atom. The first-order valence-electron chi connectivity index (χ1n) is 33.6. The van der Waals surface area contributed by atoms with E-state index in [1.54, 1.807) is 0 Å². The summed E-state index contributed by atoms with van der Waals surface area (Å²) in [5.41, 5.74) is 0. The standard InChI is InChI=1S/C69H129N2O7P/c1-7-10-13-16-19-22-25-27-29-31-33-35-37-39-41-43-46-49-52-55-58-61-68(72)70-66(65-77-79(74,75)76-64-63-71(4,5)6)67(60-57-54-51-48-45-24-21-18-15-12-9-3)78-69(73)62-59-56-53-50-47-44-42-40-38-36-34-32-30-28-26-23-20-17-14-11-8-2/h19,22,27-30,33,35,57,60,66-67H,7-18,20-21,23-26,31-32,34,36-56,58-59,61-65H2,1-6H3,(H-,70,72,74,75)/p+1/b22-19-,29-27-,30-28+,35-33-,60-57+. The fourth-order valence-corrected chi connectivity index (χ4v) is 10.4. The molecule has 1 amide bonds. The topological polar surface area (TPSA) is 111 Å². The molecule has 3 unspecified atom stereocenters. The molecule has 0 aromatic heterocycles. The number of ether oxygens (including phenoxy) is 1. The number of rotatable bonds is 61. The Labute approximate surface area is 490 Å². The number of unbranched alkanes of at least 4 members (excludes halogenated alkanes) is 37. The maximum absolute atomic E-state index is 13.6. The summed E-state index contributed by atoms with van der Waals surface area (Å²) in [5.74, 6) is -0.506. The highest BCUT2D eigenvalue weighted by Crippen LogP contribution is 2.43. The number of phosphoric acid groups is 1. The summed E-state index contributed by atoms with van der Waals surface area (Å²) in [7, 11) is 1.49. The zero-order valence-electron chi connectivity index (χ0n) is 52.9. The normalized spacial score (nSPS) is 14.0. The van der Waals surface area contributed by atoms with Gasteiger partial charge >= 0.3 is 13.8 Å². The molecule has 0 bridgehead atoms. The van der Waals surface area contributed by atoms with Crippen molar-refractivity contribution in [1.82, 2.24) is 5.32 Å². The van der Waals surface area contributed by atoms with E-state index in [0.717, 1.165) is 83.5 Å². The van der Waals surface area contributed by atoms with E-state index in [1.807, 2.05) is 33.3 Å². The molecule has 0 fully saturated rings. The number of likely N-dealkylation sites (N-methyl/N-ethyl adjacent to an activating group) is 1.